The SMILES string of the molecule is Cc1n[nH]c(C)c1-c1ccc(NC(=O)[C@@H](NC(=O)c2cnc3ncccn23)C2CCCCC2)cc1. The number of hydrogen-bond donors (Lipinski definition) is 3. The van der Waals surface area contributed by atoms with Crippen LogP contribution in [0.5, 0.6) is 0 Å². The first-order chi connectivity index (χ1) is 17.0. The third-order valence-corrected chi connectivity index (χ3v) is 6.78. The monoisotopic (exact) mass is 471 g/mol. The Kier molecular flexibility index (Phi) is 6.31. The van der Waals surface area contributed by atoms with Crippen molar-refractivity contribution in [2.75, 3.05) is 5.32 Å². The average Bonchev–Trinajstić information content (AvgIpc) is 3.46. The number of rotatable bonds is 6. The van der Waals surface area contributed by atoms with Gasteiger partial charge in [0.2, 0.25) is 11.7 Å². The number of nitrogens with zero attached hydrogens (tertiary/aromatic N) is 4. The second-order valence-corrected chi connectivity index (χ2v) is 9.16. The Bertz CT molecular complexity index is 1330. The number of carbonyl (C=O) groups excluding carboxylic acids is 2. The summed E-state index contributed by atoms with van der Waals surface area (Å²) in [4.78, 5) is 35.0. The van der Waals surface area contributed by atoms with Gasteiger partial charge in [-0.3, -0.25) is 19.1 Å². The van der Waals surface area contributed by atoms with E-state index >= 15 is 0 Å². The lowest BCUT2D eigenvalue weighted by atomic mass is 9.83. The number of imidazole rings is 1. The maximum Gasteiger partial charge on any atom is 0.270 e. The zero-order valence-electron chi connectivity index (χ0n) is 19.9. The quantitative estimate of drug-likeness (QED) is 0.392. The van der Waals surface area contributed by atoms with Crippen molar-refractivity contribution in [1.82, 2.24) is 29.9 Å². The summed E-state index contributed by atoms with van der Waals surface area (Å²) >= 11 is 0. The summed E-state index contributed by atoms with van der Waals surface area (Å²) < 4.78 is 1.63. The molecule has 1 aliphatic rings. The van der Waals surface area contributed by atoms with Crippen molar-refractivity contribution in [2.45, 2.75) is 52.0 Å². The van der Waals surface area contributed by atoms with Crippen molar-refractivity contribution in [3.05, 3.63) is 66.0 Å². The number of amides is 2. The van der Waals surface area contributed by atoms with Crippen LogP contribution in [0.2, 0.25) is 0 Å². The molecule has 5 rings (SSSR count). The molecular formula is C26H29N7O2. The van der Waals surface area contributed by atoms with Crippen LogP contribution in [0, 0.1) is 19.8 Å². The first-order valence-electron chi connectivity index (χ1n) is 12.0. The van der Waals surface area contributed by atoms with E-state index in [1.807, 2.05) is 38.1 Å². The molecule has 3 aromatic heterocycles. The summed E-state index contributed by atoms with van der Waals surface area (Å²) in [5.41, 5.74) is 5.08. The number of aromatic nitrogens is 5. The molecule has 1 saturated carbocycles. The number of fused-ring (bicyclic) bond motifs is 1. The number of H-pyrrole nitrogens is 1. The highest BCUT2D eigenvalue weighted by Crippen LogP contribution is 2.29. The molecule has 0 saturated heterocycles. The summed E-state index contributed by atoms with van der Waals surface area (Å²) in [6.07, 6.45) is 9.95. The molecule has 0 unspecified atom stereocenters. The molecule has 0 radical (unpaired) electrons. The number of hydrogen-bond acceptors (Lipinski definition) is 5. The second-order valence-electron chi connectivity index (χ2n) is 9.16. The molecular weight excluding hydrogens is 442 g/mol. The molecule has 3 heterocycles. The first kappa shape index (κ1) is 22.8. The summed E-state index contributed by atoms with van der Waals surface area (Å²) in [5, 5.41) is 13.3. The maximum absolute atomic E-state index is 13.4. The number of carbonyl (C=O) groups is 2. The fourth-order valence-corrected chi connectivity index (χ4v) is 4.99. The lowest BCUT2D eigenvalue weighted by Gasteiger charge is -2.30. The van der Waals surface area contributed by atoms with Gasteiger partial charge in [-0.25, -0.2) is 9.97 Å². The van der Waals surface area contributed by atoms with Gasteiger partial charge >= 0.3 is 0 Å². The molecule has 1 atom stereocenters. The van der Waals surface area contributed by atoms with Gasteiger partial charge in [-0.05, 0) is 56.4 Å². The van der Waals surface area contributed by atoms with E-state index in [1.165, 1.54) is 6.20 Å². The predicted octanol–water partition coefficient (Wildman–Crippen LogP) is 4.05. The van der Waals surface area contributed by atoms with Crippen molar-refractivity contribution in [3.8, 4) is 11.1 Å². The number of aromatic amines is 1. The molecule has 3 N–H and O–H groups in total. The van der Waals surface area contributed by atoms with E-state index in [0.29, 0.717) is 17.2 Å². The molecule has 1 fully saturated rings. The van der Waals surface area contributed by atoms with Gasteiger partial charge < -0.3 is 10.6 Å². The van der Waals surface area contributed by atoms with E-state index in [2.05, 4.69) is 30.8 Å². The Balaban J connectivity index is 1.35. The molecule has 0 spiro atoms. The van der Waals surface area contributed by atoms with Gasteiger partial charge in [0.25, 0.3) is 5.91 Å². The lowest BCUT2D eigenvalue weighted by molar-refractivity contribution is -0.119. The van der Waals surface area contributed by atoms with Gasteiger partial charge in [-0.1, -0.05) is 31.4 Å². The van der Waals surface area contributed by atoms with Gasteiger partial charge in [-0.2, -0.15) is 5.10 Å². The molecule has 0 bridgehead atoms. The minimum absolute atomic E-state index is 0.0838. The van der Waals surface area contributed by atoms with Crippen LogP contribution in [-0.2, 0) is 4.79 Å². The minimum Gasteiger partial charge on any atom is -0.339 e. The molecule has 0 aliphatic heterocycles. The third-order valence-electron chi connectivity index (χ3n) is 6.78. The van der Waals surface area contributed by atoms with Gasteiger partial charge in [0.05, 0.1) is 11.9 Å². The van der Waals surface area contributed by atoms with Crippen molar-refractivity contribution < 1.29 is 9.59 Å². The zero-order chi connectivity index (χ0) is 24.4. The highest BCUT2D eigenvalue weighted by molar-refractivity contribution is 6.01. The fraction of sp³-hybridized carbons (Fsp3) is 0.346. The number of nitrogens with one attached hydrogen (secondary N) is 3. The van der Waals surface area contributed by atoms with E-state index < -0.39 is 6.04 Å². The average molecular weight is 472 g/mol. The molecule has 1 aliphatic carbocycles. The standard InChI is InChI=1S/C26H29N7O2/c1-16-22(17(2)32-31-16)18-9-11-20(12-10-18)29-25(35)23(19-7-4-3-5-8-19)30-24(34)21-15-28-26-27-13-6-14-33(21)26/h6,9-15,19,23H,3-5,7-8H2,1-2H3,(H,29,35)(H,30,34)(H,31,32)/t23-/m0/s1. The first-order valence-corrected chi connectivity index (χ1v) is 12.0. The van der Waals surface area contributed by atoms with Crippen LogP contribution in [0.1, 0.15) is 54.0 Å². The van der Waals surface area contributed by atoms with Crippen LogP contribution in [0.3, 0.4) is 0 Å². The van der Waals surface area contributed by atoms with Crippen LogP contribution in [0.25, 0.3) is 16.9 Å². The number of anilines is 1. The van der Waals surface area contributed by atoms with Crippen LogP contribution in [0.4, 0.5) is 5.69 Å². The highest BCUT2D eigenvalue weighted by atomic mass is 16.2. The van der Waals surface area contributed by atoms with Crippen molar-refractivity contribution in [2.24, 2.45) is 5.92 Å². The van der Waals surface area contributed by atoms with Gasteiger partial charge in [0.15, 0.2) is 0 Å². The fourth-order valence-electron chi connectivity index (χ4n) is 4.99. The summed E-state index contributed by atoms with van der Waals surface area (Å²) in [6.45, 7) is 3.95. The van der Waals surface area contributed by atoms with Gasteiger partial charge in [0.1, 0.15) is 11.7 Å². The van der Waals surface area contributed by atoms with Crippen LogP contribution in [-0.4, -0.2) is 42.4 Å². The normalized spacial score (nSPS) is 15.1. The number of aryl methyl sites for hydroxylation is 2. The van der Waals surface area contributed by atoms with Gasteiger partial charge in [-0.15, -0.1) is 0 Å². The summed E-state index contributed by atoms with van der Waals surface area (Å²) in [5.74, 6) is -0.0156. The summed E-state index contributed by atoms with van der Waals surface area (Å²) in [6, 6.07) is 8.82. The maximum atomic E-state index is 13.4. The molecule has 4 aromatic rings. The number of benzene rings is 1. The zero-order valence-corrected chi connectivity index (χ0v) is 19.9. The van der Waals surface area contributed by atoms with E-state index in [9.17, 15) is 9.59 Å². The van der Waals surface area contributed by atoms with E-state index in [1.54, 1.807) is 22.9 Å². The van der Waals surface area contributed by atoms with Crippen molar-refractivity contribution in [1.29, 1.82) is 0 Å². The van der Waals surface area contributed by atoms with Gasteiger partial charge in [0, 0.05) is 29.3 Å². The van der Waals surface area contributed by atoms with Crippen molar-refractivity contribution >= 4 is 23.3 Å². The minimum atomic E-state index is -0.636. The Morgan fingerprint density at radius 2 is 1.86 bits per heavy atom. The Morgan fingerprint density at radius 1 is 1.09 bits per heavy atom. The molecule has 9 nitrogen and oxygen atoms in total. The molecule has 1 aromatic carbocycles. The molecule has 9 heteroatoms. The lowest BCUT2D eigenvalue weighted by Crippen LogP contribution is -2.49. The van der Waals surface area contributed by atoms with Crippen LogP contribution >= 0.6 is 0 Å². The largest absolute Gasteiger partial charge is 0.339 e. The smallest absolute Gasteiger partial charge is 0.270 e. The highest BCUT2D eigenvalue weighted by Gasteiger charge is 2.32. The second kappa shape index (κ2) is 9.69. The summed E-state index contributed by atoms with van der Waals surface area (Å²) in [7, 11) is 0. The molecule has 180 valence electrons. The van der Waals surface area contributed by atoms with Crippen LogP contribution < -0.4 is 10.6 Å². The topological polar surface area (TPSA) is 117 Å². The van der Waals surface area contributed by atoms with E-state index in [4.69, 9.17) is 0 Å². The molecule has 35 heavy (non-hydrogen) atoms. The third kappa shape index (κ3) is 4.66. The Labute approximate surface area is 203 Å². The Hall–Kier alpha value is -4.01. The Morgan fingerprint density at radius 3 is 2.57 bits per heavy atom. The van der Waals surface area contributed by atoms with Crippen molar-refractivity contribution in [3.63, 3.8) is 0 Å². The van der Waals surface area contributed by atoms with E-state index in [0.717, 1.165) is 54.6 Å². The van der Waals surface area contributed by atoms with Crippen LogP contribution in [0.15, 0.2) is 48.9 Å². The predicted molar refractivity (Wildman–Crippen MR) is 133 cm³/mol. The molecule has 2 amide bonds. The van der Waals surface area contributed by atoms with E-state index in [-0.39, 0.29) is 17.7 Å².